The molecule has 1 aliphatic rings. The first-order valence-electron chi connectivity index (χ1n) is 9.51. The number of hydrogen-bond donors (Lipinski definition) is 1. The van der Waals surface area contributed by atoms with Crippen LogP contribution in [0.5, 0.6) is 0 Å². The van der Waals surface area contributed by atoms with E-state index in [4.69, 9.17) is 4.42 Å². The second kappa shape index (κ2) is 8.21. The number of aromatic nitrogens is 3. The summed E-state index contributed by atoms with van der Waals surface area (Å²) < 4.78 is 5.75. The van der Waals surface area contributed by atoms with Gasteiger partial charge in [-0.3, -0.25) is 9.78 Å². The maximum atomic E-state index is 12.6. The summed E-state index contributed by atoms with van der Waals surface area (Å²) in [6.45, 7) is 3.50. The fourth-order valence-corrected chi connectivity index (χ4v) is 3.48. The Kier molecular flexibility index (Phi) is 5.32. The van der Waals surface area contributed by atoms with E-state index in [2.05, 4.69) is 25.2 Å². The number of aryl methyl sites for hydroxylation is 1. The average molecular weight is 377 g/mol. The van der Waals surface area contributed by atoms with Crippen molar-refractivity contribution in [2.75, 3.05) is 18.0 Å². The number of anilines is 1. The van der Waals surface area contributed by atoms with Crippen LogP contribution in [0, 0.1) is 6.92 Å². The van der Waals surface area contributed by atoms with Crippen molar-refractivity contribution >= 4 is 11.7 Å². The van der Waals surface area contributed by atoms with Crippen molar-refractivity contribution in [3.05, 3.63) is 60.4 Å². The van der Waals surface area contributed by atoms with Crippen LogP contribution < -0.4 is 10.2 Å². The highest BCUT2D eigenvalue weighted by Gasteiger charge is 2.23. The lowest BCUT2D eigenvalue weighted by atomic mass is 10.1. The summed E-state index contributed by atoms with van der Waals surface area (Å²) in [6.07, 6.45) is 7.28. The van der Waals surface area contributed by atoms with Gasteiger partial charge in [-0.15, -0.1) is 0 Å². The number of hydrogen-bond acceptors (Lipinski definition) is 6. The summed E-state index contributed by atoms with van der Waals surface area (Å²) >= 11 is 0. The molecule has 0 saturated carbocycles. The molecule has 0 unspecified atom stereocenters. The average Bonchev–Trinajstić information content (AvgIpc) is 3.10. The van der Waals surface area contributed by atoms with Crippen molar-refractivity contribution in [1.82, 2.24) is 20.3 Å². The summed E-state index contributed by atoms with van der Waals surface area (Å²) in [7, 11) is 0. The van der Waals surface area contributed by atoms with E-state index in [1.165, 1.54) is 0 Å². The summed E-state index contributed by atoms with van der Waals surface area (Å²) in [5.74, 6) is 2.04. The van der Waals surface area contributed by atoms with E-state index in [1.54, 1.807) is 18.6 Å². The monoisotopic (exact) mass is 377 g/mol. The van der Waals surface area contributed by atoms with Gasteiger partial charge in [0.2, 0.25) is 11.8 Å². The van der Waals surface area contributed by atoms with Crippen LogP contribution in [0.1, 0.15) is 24.3 Å². The Hall–Kier alpha value is -3.22. The Labute approximate surface area is 163 Å². The van der Waals surface area contributed by atoms with Crippen LogP contribution in [-0.4, -0.2) is 40.0 Å². The van der Waals surface area contributed by atoms with E-state index in [0.29, 0.717) is 17.3 Å². The highest BCUT2D eigenvalue weighted by atomic mass is 16.4. The van der Waals surface area contributed by atoms with Gasteiger partial charge in [0.25, 0.3) is 0 Å². The Morgan fingerprint density at radius 1 is 1.29 bits per heavy atom. The van der Waals surface area contributed by atoms with Gasteiger partial charge in [-0.25, -0.2) is 9.97 Å². The molecule has 28 heavy (non-hydrogen) atoms. The Balaban J connectivity index is 1.37. The van der Waals surface area contributed by atoms with Gasteiger partial charge in [0.05, 0.1) is 18.3 Å². The smallest absolute Gasteiger partial charge is 0.226 e. The maximum absolute atomic E-state index is 12.6. The summed E-state index contributed by atoms with van der Waals surface area (Å²) in [5, 5.41) is 3.13. The molecule has 144 valence electrons. The van der Waals surface area contributed by atoms with E-state index in [0.717, 1.165) is 37.3 Å². The molecule has 7 nitrogen and oxygen atoms in total. The molecule has 1 saturated heterocycles. The predicted octanol–water partition coefficient (Wildman–Crippen LogP) is 2.77. The molecule has 1 N–H and O–H groups in total. The lowest BCUT2D eigenvalue weighted by Gasteiger charge is -2.33. The van der Waals surface area contributed by atoms with E-state index < -0.39 is 0 Å². The Morgan fingerprint density at radius 3 is 2.93 bits per heavy atom. The normalized spacial score (nSPS) is 16.8. The number of nitrogens with zero attached hydrogens (tertiary/aromatic N) is 4. The van der Waals surface area contributed by atoms with Crippen LogP contribution in [-0.2, 0) is 11.2 Å². The van der Waals surface area contributed by atoms with Gasteiger partial charge in [-0.05, 0) is 31.9 Å². The molecule has 0 radical (unpaired) electrons. The van der Waals surface area contributed by atoms with E-state index in [1.807, 2.05) is 37.3 Å². The lowest BCUT2D eigenvalue weighted by Crippen LogP contribution is -2.48. The minimum absolute atomic E-state index is 0.0398. The molecule has 0 bridgehead atoms. The fourth-order valence-electron chi connectivity index (χ4n) is 3.48. The molecule has 7 heteroatoms. The van der Waals surface area contributed by atoms with Crippen molar-refractivity contribution < 1.29 is 9.21 Å². The third kappa shape index (κ3) is 4.19. The van der Waals surface area contributed by atoms with Gasteiger partial charge < -0.3 is 14.6 Å². The van der Waals surface area contributed by atoms with Crippen molar-refractivity contribution in [3.63, 3.8) is 0 Å². The minimum atomic E-state index is -0.0398. The van der Waals surface area contributed by atoms with Gasteiger partial charge in [0.15, 0.2) is 0 Å². The molecule has 2 aromatic heterocycles. The second-order valence-electron chi connectivity index (χ2n) is 6.98. The molecule has 0 aliphatic carbocycles. The number of nitrogens with one attached hydrogen (secondary N) is 1. The number of benzene rings is 1. The summed E-state index contributed by atoms with van der Waals surface area (Å²) in [4.78, 5) is 27.7. The quantitative estimate of drug-likeness (QED) is 0.736. The van der Waals surface area contributed by atoms with Crippen molar-refractivity contribution in [3.8, 4) is 11.5 Å². The molecule has 1 atom stereocenters. The SMILES string of the molecule is Cc1oc(-c2ccccc2)nc1CC(=O)N[C@H]1CCCN(c2cnccn2)C1. The molecule has 0 spiro atoms. The standard InChI is InChI=1S/C21H23N5O2/c1-15-18(25-21(28-15)16-6-3-2-4-7-16)12-20(27)24-17-8-5-11-26(14-17)19-13-22-9-10-23-19/h2-4,6-7,9-10,13,17H,5,8,11-12,14H2,1H3,(H,24,27)/t17-/m0/s1. The zero-order chi connectivity index (χ0) is 19.3. The zero-order valence-electron chi connectivity index (χ0n) is 15.8. The number of piperidine rings is 1. The van der Waals surface area contributed by atoms with Crippen LogP contribution in [0.2, 0.25) is 0 Å². The van der Waals surface area contributed by atoms with E-state index in [-0.39, 0.29) is 18.4 Å². The van der Waals surface area contributed by atoms with Crippen molar-refractivity contribution in [2.24, 2.45) is 0 Å². The molecular weight excluding hydrogens is 354 g/mol. The van der Waals surface area contributed by atoms with Gasteiger partial charge in [0, 0.05) is 37.1 Å². The first kappa shape index (κ1) is 18.2. The first-order valence-corrected chi connectivity index (χ1v) is 9.51. The number of rotatable bonds is 5. The van der Waals surface area contributed by atoms with Gasteiger partial charge >= 0.3 is 0 Å². The molecule has 1 aromatic carbocycles. The second-order valence-corrected chi connectivity index (χ2v) is 6.98. The van der Waals surface area contributed by atoms with Crippen molar-refractivity contribution in [2.45, 2.75) is 32.2 Å². The van der Waals surface area contributed by atoms with Crippen LogP contribution in [0.4, 0.5) is 5.82 Å². The van der Waals surface area contributed by atoms with Crippen LogP contribution in [0.25, 0.3) is 11.5 Å². The lowest BCUT2D eigenvalue weighted by molar-refractivity contribution is -0.121. The molecule has 3 heterocycles. The zero-order valence-corrected chi connectivity index (χ0v) is 15.8. The van der Waals surface area contributed by atoms with Crippen LogP contribution >= 0.6 is 0 Å². The van der Waals surface area contributed by atoms with Crippen LogP contribution in [0.3, 0.4) is 0 Å². The predicted molar refractivity (Wildman–Crippen MR) is 106 cm³/mol. The number of carbonyl (C=O) groups is 1. The Bertz CT molecular complexity index is 926. The largest absolute Gasteiger partial charge is 0.441 e. The van der Waals surface area contributed by atoms with Gasteiger partial charge in [-0.1, -0.05) is 18.2 Å². The van der Waals surface area contributed by atoms with Gasteiger partial charge in [0.1, 0.15) is 11.6 Å². The Morgan fingerprint density at radius 2 is 2.14 bits per heavy atom. The topological polar surface area (TPSA) is 84.2 Å². The third-order valence-electron chi connectivity index (χ3n) is 4.90. The van der Waals surface area contributed by atoms with Crippen LogP contribution in [0.15, 0.2) is 53.3 Å². The molecule has 1 aliphatic heterocycles. The van der Waals surface area contributed by atoms with Crippen molar-refractivity contribution in [1.29, 1.82) is 0 Å². The maximum Gasteiger partial charge on any atom is 0.226 e. The first-order chi connectivity index (χ1) is 13.7. The molecule has 3 aromatic rings. The van der Waals surface area contributed by atoms with E-state index >= 15 is 0 Å². The highest BCUT2D eigenvalue weighted by molar-refractivity contribution is 5.79. The van der Waals surface area contributed by atoms with E-state index in [9.17, 15) is 4.79 Å². The summed E-state index contributed by atoms with van der Waals surface area (Å²) in [5.41, 5.74) is 1.59. The van der Waals surface area contributed by atoms with Gasteiger partial charge in [-0.2, -0.15) is 0 Å². The molecule has 1 amide bonds. The number of oxazole rings is 1. The molecule has 1 fully saturated rings. The minimum Gasteiger partial charge on any atom is -0.441 e. The number of carbonyl (C=O) groups excluding carboxylic acids is 1. The summed E-state index contributed by atoms with van der Waals surface area (Å²) in [6, 6.07) is 9.79. The molecular formula is C21H23N5O2. The highest BCUT2D eigenvalue weighted by Crippen LogP contribution is 2.22. The molecule has 4 rings (SSSR count). The third-order valence-corrected chi connectivity index (χ3v) is 4.90. The number of amides is 1. The fraction of sp³-hybridized carbons (Fsp3) is 0.333.